The molecule has 2 nitrogen and oxygen atoms in total. The predicted molar refractivity (Wildman–Crippen MR) is 82.4 cm³/mol. The lowest BCUT2D eigenvalue weighted by Gasteiger charge is -2.27. The Balaban J connectivity index is 2.02. The zero-order valence-corrected chi connectivity index (χ0v) is 12.9. The van der Waals surface area contributed by atoms with Crippen molar-refractivity contribution in [3.8, 4) is 0 Å². The molecule has 0 aromatic heterocycles. The van der Waals surface area contributed by atoms with Crippen LogP contribution >= 0.6 is 0 Å². The van der Waals surface area contributed by atoms with Crippen molar-refractivity contribution < 1.29 is 0 Å². The van der Waals surface area contributed by atoms with Crippen LogP contribution in [0.25, 0.3) is 0 Å². The first kappa shape index (κ1) is 14.5. The molecular weight excluding hydrogens is 232 g/mol. The zero-order chi connectivity index (χ0) is 13.8. The normalized spacial score (nSPS) is 21.6. The van der Waals surface area contributed by atoms with E-state index in [0.717, 1.165) is 13.1 Å². The smallest absolute Gasteiger partial charge is 0.0234 e. The van der Waals surface area contributed by atoms with Crippen molar-refractivity contribution in [2.75, 3.05) is 19.6 Å². The first-order valence-corrected chi connectivity index (χ1v) is 7.58. The number of hydrogen-bond acceptors (Lipinski definition) is 2. The molecule has 1 saturated heterocycles. The summed E-state index contributed by atoms with van der Waals surface area (Å²) in [5.74, 6) is 0.709. The van der Waals surface area contributed by atoms with E-state index >= 15 is 0 Å². The summed E-state index contributed by atoms with van der Waals surface area (Å²) in [7, 11) is 0. The molecule has 0 bridgehead atoms. The van der Waals surface area contributed by atoms with E-state index in [2.05, 4.69) is 56.1 Å². The van der Waals surface area contributed by atoms with Gasteiger partial charge in [-0.15, -0.1) is 0 Å². The summed E-state index contributed by atoms with van der Waals surface area (Å²) in [6, 6.07) is 7.51. The highest BCUT2D eigenvalue weighted by atomic mass is 15.2. The van der Waals surface area contributed by atoms with E-state index in [-0.39, 0.29) is 0 Å². The van der Waals surface area contributed by atoms with E-state index in [1.165, 1.54) is 36.2 Å². The largest absolute Gasteiger partial charge is 0.312 e. The number of hydrogen-bond donors (Lipinski definition) is 1. The molecule has 0 spiro atoms. The second-order valence-corrected chi connectivity index (χ2v) is 6.31. The fourth-order valence-electron chi connectivity index (χ4n) is 2.77. The Morgan fingerprint density at radius 2 is 2.05 bits per heavy atom. The Morgan fingerprint density at radius 3 is 2.74 bits per heavy atom. The average molecular weight is 260 g/mol. The molecule has 1 unspecified atom stereocenters. The van der Waals surface area contributed by atoms with Crippen LogP contribution in [0.4, 0.5) is 0 Å². The van der Waals surface area contributed by atoms with Crippen molar-refractivity contribution in [3.05, 3.63) is 34.9 Å². The third kappa shape index (κ3) is 4.05. The molecule has 2 heteroatoms. The van der Waals surface area contributed by atoms with Crippen LogP contribution < -0.4 is 5.32 Å². The minimum absolute atomic E-state index is 0.633. The second kappa shape index (κ2) is 6.53. The molecule has 1 N–H and O–H groups in total. The molecule has 0 saturated carbocycles. The summed E-state index contributed by atoms with van der Waals surface area (Å²) in [5, 5.41) is 3.68. The highest BCUT2D eigenvalue weighted by Crippen LogP contribution is 2.15. The van der Waals surface area contributed by atoms with Crippen molar-refractivity contribution in [1.29, 1.82) is 0 Å². The number of nitrogens with zero attached hydrogens (tertiary/aromatic N) is 1. The third-order valence-electron chi connectivity index (χ3n) is 4.29. The Hall–Kier alpha value is -0.860. The van der Waals surface area contributed by atoms with E-state index in [9.17, 15) is 0 Å². The topological polar surface area (TPSA) is 15.3 Å². The molecule has 106 valence electrons. The fourth-order valence-corrected chi connectivity index (χ4v) is 2.77. The third-order valence-corrected chi connectivity index (χ3v) is 4.29. The standard InChI is InChI=1S/C17H28N2/c1-13(2)17-12-19(9-5-8-18-17)11-16-7-6-14(3)15(4)10-16/h6-7,10,13,17-18H,5,8-9,11-12H2,1-4H3. The van der Waals surface area contributed by atoms with Crippen LogP contribution in [0, 0.1) is 19.8 Å². The van der Waals surface area contributed by atoms with Crippen molar-refractivity contribution in [3.63, 3.8) is 0 Å². The lowest BCUT2D eigenvalue weighted by atomic mass is 10.0. The van der Waals surface area contributed by atoms with Crippen molar-refractivity contribution in [2.45, 2.75) is 46.7 Å². The summed E-state index contributed by atoms with van der Waals surface area (Å²) in [5.41, 5.74) is 4.25. The van der Waals surface area contributed by atoms with Crippen LogP contribution in [0.3, 0.4) is 0 Å². The Labute approximate surface area is 118 Å². The van der Waals surface area contributed by atoms with Crippen molar-refractivity contribution in [1.82, 2.24) is 10.2 Å². The van der Waals surface area contributed by atoms with Gasteiger partial charge in [0.15, 0.2) is 0 Å². The minimum atomic E-state index is 0.633. The first-order chi connectivity index (χ1) is 9.06. The van der Waals surface area contributed by atoms with Gasteiger partial charge in [-0.1, -0.05) is 32.0 Å². The lowest BCUT2D eigenvalue weighted by Crippen LogP contribution is -2.41. The van der Waals surface area contributed by atoms with Crippen LogP contribution in [0.1, 0.15) is 37.0 Å². The van der Waals surface area contributed by atoms with Gasteiger partial charge in [0.25, 0.3) is 0 Å². The van der Waals surface area contributed by atoms with Gasteiger partial charge in [-0.3, -0.25) is 4.90 Å². The highest BCUT2D eigenvalue weighted by molar-refractivity contribution is 5.29. The maximum Gasteiger partial charge on any atom is 0.0234 e. The van der Waals surface area contributed by atoms with Gasteiger partial charge in [0.2, 0.25) is 0 Å². The van der Waals surface area contributed by atoms with Crippen molar-refractivity contribution >= 4 is 0 Å². The van der Waals surface area contributed by atoms with Crippen LogP contribution in [0.15, 0.2) is 18.2 Å². The van der Waals surface area contributed by atoms with E-state index < -0.39 is 0 Å². The van der Waals surface area contributed by atoms with E-state index in [1.54, 1.807) is 0 Å². The van der Waals surface area contributed by atoms with Crippen LogP contribution in [-0.4, -0.2) is 30.6 Å². The quantitative estimate of drug-likeness (QED) is 0.898. The molecular formula is C17H28N2. The Bertz CT molecular complexity index is 412. The van der Waals surface area contributed by atoms with Crippen LogP contribution in [0.2, 0.25) is 0 Å². The van der Waals surface area contributed by atoms with E-state index in [1.807, 2.05) is 0 Å². The monoisotopic (exact) mass is 260 g/mol. The molecule has 19 heavy (non-hydrogen) atoms. The summed E-state index contributed by atoms with van der Waals surface area (Å²) in [6.07, 6.45) is 1.26. The van der Waals surface area contributed by atoms with Gasteiger partial charge < -0.3 is 5.32 Å². The van der Waals surface area contributed by atoms with Crippen LogP contribution in [0.5, 0.6) is 0 Å². The number of rotatable bonds is 3. The summed E-state index contributed by atoms with van der Waals surface area (Å²) in [4.78, 5) is 2.61. The van der Waals surface area contributed by atoms with Gasteiger partial charge in [0, 0.05) is 19.1 Å². The summed E-state index contributed by atoms with van der Waals surface area (Å²) in [6.45, 7) is 13.7. The highest BCUT2D eigenvalue weighted by Gasteiger charge is 2.20. The molecule has 1 atom stereocenters. The SMILES string of the molecule is Cc1ccc(CN2CCCNC(C(C)C)C2)cc1C. The van der Waals surface area contributed by atoms with Gasteiger partial charge >= 0.3 is 0 Å². The number of benzene rings is 1. The Morgan fingerprint density at radius 1 is 1.26 bits per heavy atom. The van der Waals surface area contributed by atoms with Gasteiger partial charge in [-0.05, 0) is 56.0 Å². The molecule has 0 radical (unpaired) electrons. The maximum atomic E-state index is 3.68. The summed E-state index contributed by atoms with van der Waals surface area (Å²) < 4.78 is 0. The molecule has 1 aliphatic heterocycles. The van der Waals surface area contributed by atoms with E-state index in [4.69, 9.17) is 0 Å². The maximum absolute atomic E-state index is 3.68. The van der Waals surface area contributed by atoms with E-state index in [0.29, 0.717) is 12.0 Å². The minimum Gasteiger partial charge on any atom is -0.312 e. The lowest BCUT2D eigenvalue weighted by molar-refractivity contribution is 0.238. The molecule has 1 fully saturated rings. The Kier molecular flexibility index (Phi) is 5.00. The van der Waals surface area contributed by atoms with Gasteiger partial charge in [0.1, 0.15) is 0 Å². The molecule has 1 aromatic carbocycles. The van der Waals surface area contributed by atoms with Gasteiger partial charge in [-0.2, -0.15) is 0 Å². The molecule has 0 aliphatic carbocycles. The van der Waals surface area contributed by atoms with Crippen LogP contribution in [-0.2, 0) is 6.54 Å². The van der Waals surface area contributed by atoms with Crippen molar-refractivity contribution in [2.24, 2.45) is 5.92 Å². The molecule has 1 heterocycles. The number of aryl methyl sites for hydroxylation is 2. The first-order valence-electron chi connectivity index (χ1n) is 7.58. The molecule has 1 aromatic rings. The van der Waals surface area contributed by atoms with Gasteiger partial charge in [-0.25, -0.2) is 0 Å². The average Bonchev–Trinajstić information content (AvgIpc) is 2.59. The zero-order valence-electron chi connectivity index (χ0n) is 12.9. The molecule has 0 amide bonds. The van der Waals surface area contributed by atoms with Gasteiger partial charge in [0.05, 0.1) is 0 Å². The number of nitrogens with one attached hydrogen (secondary N) is 1. The summed E-state index contributed by atoms with van der Waals surface area (Å²) >= 11 is 0. The molecule has 1 aliphatic rings. The predicted octanol–water partition coefficient (Wildman–Crippen LogP) is 3.12. The fraction of sp³-hybridized carbons (Fsp3) is 0.647. The molecule has 2 rings (SSSR count). The second-order valence-electron chi connectivity index (χ2n) is 6.31.